The number of hydrogen-bond donors (Lipinski definition) is 1. The average molecular weight is 264 g/mol. The van der Waals surface area contributed by atoms with E-state index in [0.717, 1.165) is 50.6 Å². The SMILES string of the molecule is CC1(C)[C@H]2CN(C(=O)C3CCC(C(N)=O)CC3)C[C@@H]21. The van der Waals surface area contributed by atoms with Crippen molar-refractivity contribution >= 4 is 11.8 Å². The molecular formula is C15H24N2O2. The maximum Gasteiger partial charge on any atom is 0.225 e. The Morgan fingerprint density at radius 1 is 1.00 bits per heavy atom. The molecule has 1 heterocycles. The van der Waals surface area contributed by atoms with E-state index in [0.29, 0.717) is 11.3 Å². The van der Waals surface area contributed by atoms with Crippen molar-refractivity contribution in [2.24, 2.45) is 34.8 Å². The van der Waals surface area contributed by atoms with Crippen molar-refractivity contribution in [3.63, 3.8) is 0 Å². The summed E-state index contributed by atoms with van der Waals surface area (Å²) >= 11 is 0. The zero-order valence-corrected chi connectivity index (χ0v) is 11.9. The predicted molar refractivity (Wildman–Crippen MR) is 72.0 cm³/mol. The molecule has 2 aliphatic carbocycles. The van der Waals surface area contributed by atoms with Gasteiger partial charge in [-0.25, -0.2) is 0 Å². The van der Waals surface area contributed by atoms with Crippen LogP contribution in [0.4, 0.5) is 0 Å². The summed E-state index contributed by atoms with van der Waals surface area (Å²) in [6.07, 6.45) is 3.25. The molecule has 106 valence electrons. The maximum atomic E-state index is 12.5. The van der Waals surface area contributed by atoms with E-state index in [9.17, 15) is 9.59 Å². The highest BCUT2D eigenvalue weighted by Gasteiger charge is 2.62. The van der Waals surface area contributed by atoms with Gasteiger partial charge in [0, 0.05) is 24.9 Å². The minimum atomic E-state index is -0.199. The Bertz CT molecular complexity index is 396. The molecule has 3 rings (SSSR count). The monoisotopic (exact) mass is 264 g/mol. The van der Waals surface area contributed by atoms with E-state index in [1.165, 1.54) is 0 Å². The zero-order chi connectivity index (χ0) is 13.8. The third-order valence-electron chi connectivity index (χ3n) is 5.91. The normalized spacial score (nSPS) is 39.8. The van der Waals surface area contributed by atoms with E-state index in [4.69, 9.17) is 5.73 Å². The summed E-state index contributed by atoms with van der Waals surface area (Å²) in [5, 5.41) is 0. The second-order valence-electron chi connectivity index (χ2n) is 7.23. The Balaban J connectivity index is 1.52. The van der Waals surface area contributed by atoms with Crippen molar-refractivity contribution < 1.29 is 9.59 Å². The van der Waals surface area contributed by atoms with Gasteiger partial charge in [0.1, 0.15) is 0 Å². The number of hydrogen-bond acceptors (Lipinski definition) is 2. The molecule has 2 amide bonds. The van der Waals surface area contributed by atoms with Gasteiger partial charge in [-0.15, -0.1) is 0 Å². The number of primary amides is 1. The molecule has 2 atom stereocenters. The Hall–Kier alpha value is -1.06. The third-order valence-corrected chi connectivity index (χ3v) is 5.91. The first kappa shape index (κ1) is 12.9. The Labute approximate surface area is 114 Å². The van der Waals surface area contributed by atoms with Gasteiger partial charge in [0.2, 0.25) is 11.8 Å². The molecule has 2 N–H and O–H groups in total. The van der Waals surface area contributed by atoms with Gasteiger partial charge in [0.15, 0.2) is 0 Å². The lowest BCUT2D eigenvalue weighted by Gasteiger charge is -2.31. The first-order chi connectivity index (χ1) is 8.91. The predicted octanol–water partition coefficient (Wildman–Crippen LogP) is 1.39. The number of fused-ring (bicyclic) bond motifs is 1. The summed E-state index contributed by atoms with van der Waals surface area (Å²) in [5.74, 6) is 1.70. The van der Waals surface area contributed by atoms with Crippen molar-refractivity contribution in [3.8, 4) is 0 Å². The topological polar surface area (TPSA) is 63.4 Å². The van der Waals surface area contributed by atoms with Gasteiger partial charge in [-0.1, -0.05) is 13.8 Å². The fourth-order valence-electron chi connectivity index (χ4n) is 4.19. The third kappa shape index (κ3) is 2.05. The molecular weight excluding hydrogens is 240 g/mol. The van der Waals surface area contributed by atoms with Crippen molar-refractivity contribution in [3.05, 3.63) is 0 Å². The van der Waals surface area contributed by atoms with E-state index in [2.05, 4.69) is 18.7 Å². The molecule has 0 unspecified atom stereocenters. The number of carbonyl (C=O) groups excluding carboxylic acids is 2. The summed E-state index contributed by atoms with van der Waals surface area (Å²) in [6, 6.07) is 0. The molecule has 4 nitrogen and oxygen atoms in total. The van der Waals surface area contributed by atoms with Crippen LogP contribution in [0.15, 0.2) is 0 Å². The molecule has 0 radical (unpaired) electrons. The number of likely N-dealkylation sites (tertiary alicyclic amines) is 1. The Morgan fingerprint density at radius 3 is 1.95 bits per heavy atom. The van der Waals surface area contributed by atoms with Crippen LogP contribution in [0.3, 0.4) is 0 Å². The molecule has 2 saturated carbocycles. The Kier molecular flexibility index (Phi) is 2.88. The van der Waals surface area contributed by atoms with E-state index >= 15 is 0 Å². The van der Waals surface area contributed by atoms with Crippen LogP contribution < -0.4 is 5.73 Å². The first-order valence-corrected chi connectivity index (χ1v) is 7.49. The lowest BCUT2D eigenvalue weighted by atomic mass is 9.81. The van der Waals surface area contributed by atoms with Gasteiger partial charge in [0.05, 0.1) is 0 Å². The highest BCUT2D eigenvalue weighted by atomic mass is 16.2. The second-order valence-corrected chi connectivity index (χ2v) is 7.23. The minimum Gasteiger partial charge on any atom is -0.369 e. The first-order valence-electron chi connectivity index (χ1n) is 7.49. The number of nitrogens with zero attached hydrogens (tertiary/aromatic N) is 1. The lowest BCUT2D eigenvalue weighted by Crippen LogP contribution is -2.39. The van der Waals surface area contributed by atoms with Gasteiger partial charge in [0.25, 0.3) is 0 Å². The number of amides is 2. The average Bonchev–Trinajstić information content (AvgIpc) is 2.79. The van der Waals surface area contributed by atoms with E-state index in [1.54, 1.807) is 0 Å². The minimum absolute atomic E-state index is 0.00466. The largest absolute Gasteiger partial charge is 0.369 e. The van der Waals surface area contributed by atoms with Gasteiger partial charge >= 0.3 is 0 Å². The summed E-state index contributed by atoms with van der Waals surface area (Å²) in [7, 11) is 0. The lowest BCUT2D eigenvalue weighted by molar-refractivity contribution is -0.137. The van der Waals surface area contributed by atoms with Crippen LogP contribution in [0.1, 0.15) is 39.5 Å². The molecule has 4 heteroatoms. The summed E-state index contributed by atoms with van der Waals surface area (Å²) in [6.45, 7) is 6.52. The van der Waals surface area contributed by atoms with Crippen LogP contribution in [-0.4, -0.2) is 29.8 Å². The number of carbonyl (C=O) groups is 2. The van der Waals surface area contributed by atoms with Gasteiger partial charge in [-0.05, 0) is 42.9 Å². The fraction of sp³-hybridized carbons (Fsp3) is 0.867. The highest BCUT2D eigenvalue weighted by Crippen LogP contribution is 2.62. The standard InChI is InChI=1S/C15H24N2O2/c1-15(2)11-7-17(8-12(11)15)14(19)10-5-3-9(4-6-10)13(16)18/h9-12H,3-8H2,1-2H3,(H2,16,18)/t9?,10?,11-,12-/m0/s1. The van der Waals surface area contributed by atoms with Crippen molar-refractivity contribution in [2.75, 3.05) is 13.1 Å². The van der Waals surface area contributed by atoms with Gasteiger partial charge in [-0.3, -0.25) is 9.59 Å². The second kappa shape index (κ2) is 4.22. The number of rotatable bonds is 2. The van der Waals surface area contributed by atoms with Crippen LogP contribution >= 0.6 is 0 Å². The van der Waals surface area contributed by atoms with Gasteiger partial charge in [-0.2, -0.15) is 0 Å². The molecule has 0 aromatic heterocycles. The zero-order valence-electron chi connectivity index (χ0n) is 11.9. The fourth-order valence-corrected chi connectivity index (χ4v) is 4.19. The molecule has 3 aliphatic rings. The summed E-state index contributed by atoms with van der Waals surface area (Å²) < 4.78 is 0. The van der Waals surface area contributed by atoms with E-state index in [1.807, 2.05) is 0 Å². The van der Waals surface area contributed by atoms with Crippen molar-refractivity contribution in [2.45, 2.75) is 39.5 Å². The smallest absolute Gasteiger partial charge is 0.225 e. The highest BCUT2D eigenvalue weighted by molar-refractivity contribution is 5.81. The molecule has 0 spiro atoms. The van der Waals surface area contributed by atoms with E-state index in [-0.39, 0.29) is 17.7 Å². The van der Waals surface area contributed by atoms with Crippen LogP contribution in [-0.2, 0) is 9.59 Å². The summed E-state index contributed by atoms with van der Waals surface area (Å²) in [5.41, 5.74) is 5.79. The molecule has 3 fully saturated rings. The molecule has 1 aliphatic heterocycles. The van der Waals surface area contributed by atoms with E-state index < -0.39 is 0 Å². The quantitative estimate of drug-likeness (QED) is 0.819. The summed E-state index contributed by atoms with van der Waals surface area (Å²) in [4.78, 5) is 25.7. The van der Waals surface area contributed by atoms with Crippen LogP contribution in [0.2, 0.25) is 0 Å². The van der Waals surface area contributed by atoms with Crippen LogP contribution in [0.5, 0.6) is 0 Å². The van der Waals surface area contributed by atoms with Crippen molar-refractivity contribution in [1.29, 1.82) is 0 Å². The van der Waals surface area contributed by atoms with Crippen LogP contribution in [0, 0.1) is 29.1 Å². The van der Waals surface area contributed by atoms with Crippen molar-refractivity contribution in [1.82, 2.24) is 4.90 Å². The number of nitrogens with two attached hydrogens (primary N) is 1. The van der Waals surface area contributed by atoms with Crippen LogP contribution in [0.25, 0.3) is 0 Å². The van der Waals surface area contributed by atoms with Gasteiger partial charge < -0.3 is 10.6 Å². The number of piperidine rings is 1. The molecule has 1 saturated heterocycles. The molecule has 0 aromatic rings. The maximum absolute atomic E-state index is 12.5. The molecule has 19 heavy (non-hydrogen) atoms. The Morgan fingerprint density at radius 2 is 1.47 bits per heavy atom. The molecule has 0 aromatic carbocycles. The molecule has 0 bridgehead atoms.